The molecular weight excluding hydrogens is 176 g/mol. The molecule has 1 aromatic heterocycles. The molecule has 2 rings (SSSR count). The Hall–Kier alpha value is -1.90. The summed E-state index contributed by atoms with van der Waals surface area (Å²) in [5.74, 6) is 1.27. The topological polar surface area (TPSA) is 51.0 Å². The third-order valence-corrected chi connectivity index (χ3v) is 1.98. The first-order valence-corrected chi connectivity index (χ1v) is 4.46. The van der Waals surface area contributed by atoms with Crippen molar-refractivity contribution in [3.8, 4) is 5.75 Å². The van der Waals surface area contributed by atoms with Crippen LogP contribution in [0.5, 0.6) is 5.75 Å². The minimum Gasteiger partial charge on any atom is -0.485 e. The van der Waals surface area contributed by atoms with Crippen molar-refractivity contribution in [2.75, 3.05) is 5.73 Å². The van der Waals surface area contributed by atoms with Gasteiger partial charge < -0.3 is 15.5 Å². The zero-order chi connectivity index (χ0) is 9.80. The largest absolute Gasteiger partial charge is 0.485 e. The number of nitrogens with two attached hydrogens (primary N) is 1. The fourth-order valence-corrected chi connectivity index (χ4v) is 1.23. The Bertz CT molecular complexity index is 395. The summed E-state index contributed by atoms with van der Waals surface area (Å²) in [4.78, 5) is 2.86. The highest BCUT2D eigenvalue weighted by atomic mass is 16.5. The number of nitrogens with one attached hydrogen (secondary N) is 1. The molecule has 0 fully saturated rings. The Balaban J connectivity index is 1.99. The van der Waals surface area contributed by atoms with Crippen LogP contribution in [0.2, 0.25) is 0 Å². The number of rotatable bonds is 3. The summed E-state index contributed by atoms with van der Waals surface area (Å²) in [7, 11) is 0. The van der Waals surface area contributed by atoms with Crippen LogP contribution < -0.4 is 10.5 Å². The third kappa shape index (κ3) is 1.88. The van der Waals surface area contributed by atoms with Gasteiger partial charge in [0, 0.05) is 6.20 Å². The average molecular weight is 188 g/mol. The number of nitrogen functional groups attached to an aromatic ring is 1. The average Bonchev–Trinajstić information content (AvgIpc) is 2.63. The summed E-state index contributed by atoms with van der Waals surface area (Å²) in [6.07, 6.45) is 1.76. The molecule has 1 aromatic carbocycles. The first-order valence-electron chi connectivity index (χ1n) is 4.46. The number of aromatic amines is 1. The second-order valence-electron chi connectivity index (χ2n) is 3.03. The van der Waals surface area contributed by atoms with Crippen LogP contribution in [-0.2, 0) is 6.61 Å². The van der Waals surface area contributed by atoms with E-state index in [0.29, 0.717) is 18.2 Å². The van der Waals surface area contributed by atoms with E-state index in [9.17, 15) is 0 Å². The molecular formula is C11H12N2O. The molecule has 0 bridgehead atoms. The molecule has 0 aliphatic heterocycles. The Morgan fingerprint density at radius 1 is 1.14 bits per heavy atom. The first-order chi connectivity index (χ1) is 6.86. The maximum Gasteiger partial charge on any atom is 0.161 e. The molecule has 0 unspecified atom stereocenters. The highest BCUT2D eigenvalue weighted by Gasteiger charge is 2.00. The molecule has 0 saturated heterocycles. The standard InChI is InChI=1S/C11H12N2O/c12-11-10(6-7-13-11)14-8-9-4-2-1-3-5-9/h1-7,13H,8,12H2. The number of aromatic nitrogens is 1. The Kier molecular flexibility index (Phi) is 2.40. The number of ether oxygens (including phenoxy) is 1. The van der Waals surface area contributed by atoms with E-state index < -0.39 is 0 Å². The maximum absolute atomic E-state index is 5.62. The highest BCUT2D eigenvalue weighted by molar-refractivity contribution is 5.46. The van der Waals surface area contributed by atoms with Gasteiger partial charge in [0.15, 0.2) is 5.75 Å². The van der Waals surface area contributed by atoms with Crippen LogP contribution in [0, 0.1) is 0 Å². The normalized spacial score (nSPS) is 10.0. The predicted octanol–water partition coefficient (Wildman–Crippen LogP) is 2.18. The molecule has 2 aromatic rings. The second-order valence-corrected chi connectivity index (χ2v) is 3.03. The van der Waals surface area contributed by atoms with Crippen molar-refractivity contribution in [1.82, 2.24) is 4.98 Å². The summed E-state index contributed by atoms with van der Waals surface area (Å²) >= 11 is 0. The van der Waals surface area contributed by atoms with Crippen LogP contribution in [0.1, 0.15) is 5.56 Å². The molecule has 1 heterocycles. The molecule has 3 N–H and O–H groups in total. The van der Waals surface area contributed by atoms with Gasteiger partial charge in [-0.15, -0.1) is 0 Å². The lowest BCUT2D eigenvalue weighted by Gasteiger charge is -2.04. The van der Waals surface area contributed by atoms with Gasteiger partial charge in [0.05, 0.1) is 0 Å². The van der Waals surface area contributed by atoms with Crippen LogP contribution in [0.3, 0.4) is 0 Å². The van der Waals surface area contributed by atoms with Crippen molar-refractivity contribution >= 4 is 5.82 Å². The van der Waals surface area contributed by atoms with Crippen molar-refractivity contribution in [2.24, 2.45) is 0 Å². The Morgan fingerprint density at radius 3 is 2.57 bits per heavy atom. The number of hydrogen-bond donors (Lipinski definition) is 2. The molecule has 0 spiro atoms. The number of benzene rings is 1. The lowest BCUT2D eigenvalue weighted by molar-refractivity contribution is 0.308. The molecule has 0 radical (unpaired) electrons. The van der Waals surface area contributed by atoms with Gasteiger partial charge in [0.2, 0.25) is 0 Å². The molecule has 0 aliphatic rings. The van der Waals surface area contributed by atoms with E-state index in [4.69, 9.17) is 10.5 Å². The van der Waals surface area contributed by atoms with E-state index in [1.807, 2.05) is 36.4 Å². The van der Waals surface area contributed by atoms with Crippen LogP contribution in [0.25, 0.3) is 0 Å². The molecule has 0 amide bonds. The van der Waals surface area contributed by atoms with Gasteiger partial charge in [-0.25, -0.2) is 0 Å². The summed E-state index contributed by atoms with van der Waals surface area (Å²) < 4.78 is 5.51. The van der Waals surface area contributed by atoms with Gasteiger partial charge in [-0.1, -0.05) is 30.3 Å². The van der Waals surface area contributed by atoms with Crippen molar-refractivity contribution in [1.29, 1.82) is 0 Å². The molecule has 3 heteroatoms. The number of H-pyrrole nitrogens is 1. The van der Waals surface area contributed by atoms with E-state index in [-0.39, 0.29) is 0 Å². The van der Waals surface area contributed by atoms with E-state index >= 15 is 0 Å². The first kappa shape index (κ1) is 8.69. The van der Waals surface area contributed by atoms with Gasteiger partial charge in [0.1, 0.15) is 12.4 Å². The van der Waals surface area contributed by atoms with Gasteiger partial charge in [0.25, 0.3) is 0 Å². The van der Waals surface area contributed by atoms with E-state index in [1.165, 1.54) is 0 Å². The molecule has 0 saturated carbocycles. The minimum absolute atomic E-state index is 0.545. The van der Waals surface area contributed by atoms with Crippen LogP contribution in [0.15, 0.2) is 42.6 Å². The van der Waals surface area contributed by atoms with Gasteiger partial charge >= 0.3 is 0 Å². The number of anilines is 1. The van der Waals surface area contributed by atoms with Crippen LogP contribution >= 0.6 is 0 Å². The Labute approximate surface area is 82.5 Å². The van der Waals surface area contributed by atoms with Crippen molar-refractivity contribution in [3.63, 3.8) is 0 Å². The van der Waals surface area contributed by atoms with Crippen LogP contribution in [-0.4, -0.2) is 4.98 Å². The van der Waals surface area contributed by atoms with Gasteiger partial charge in [-0.05, 0) is 11.6 Å². The summed E-state index contributed by atoms with van der Waals surface area (Å²) in [6.45, 7) is 0.545. The predicted molar refractivity (Wildman–Crippen MR) is 56.0 cm³/mol. The van der Waals surface area contributed by atoms with E-state index in [0.717, 1.165) is 5.56 Å². The second kappa shape index (κ2) is 3.87. The lowest BCUT2D eigenvalue weighted by Crippen LogP contribution is -1.96. The zero-order valence-electron chi connectivity index (χ0n) is 7.73. The third-order valence-electron chi connectivity index (χ3n) is 1.98. The molecule has 3 nitrogen and oxygen atoms in total. The fraction of sp³-hybridized carbons (Fsp3) is 0.0909. The van der Waals surface area contributed by atoms with Gasteiger partial charge in [-0.2, -0.15) is 0 Å². The number of hydrogen-bond acceptors (Lipinski definition) is 2. The molecule has 0 atom stereocenters. The van der Waals surface area contributed by atoms with Crippen molar-refractivity contribution in [3.05, 3.63) is 48.2 Å². The quantitative estimate of drug-likeness (QED) is 0.775. The summed E-state index contributed by atoms with van der Waals surface area (Å²) in [5, 5.41) is 0. The molecule has 72 valence electrons. The Morgan fingerprint density at radius 2 is 1.93 bits per heavy atom. The van der Waals surface area contributed by atoms with Crippen molar-refractivity contribution < 1.29 is 4.74 Å². The van der Waals surface area contributed by atoms with E-state index in [2.05, 4.69) is 4.98 Å². The monoisotopic (exact) mass is 188 g/mol. The zero-order valence-corrected chi connectivity index (χ0v) is 7.73. The minimum atomic E-state index is 0.545. The molecule has 0 aliphatic carbocycles. The van der Waals surface area contributed by atoms with Gasteiger partial charge in [-0.3, -0.25) is 0 Å². The fourth-order valence-electron chi connectivity index (χ4n) is 1.23. The summed E-state index contributed by atoms with van der Waals surface area (Å²) in [5.41, 5.74) is 6.76. The van der Waals surface area contributed by atoms with Crippen molar-refractivity contribution in [2.45, 2.75) is 6.61 Å². The highest BCUT2D eigenvalue weighted by Crippen LogP contribution is 2.19. The molecule has 14 heavy (non-hydrogen) atoms. The smallest absolute Gasteiger partial charge is 0.161 e. The lowest BCUT2D eigenvalue weighted by atomic mass is 10.2. The van der Waals surface area contributed by atoms with E-state index in [1.54, 1.807) is 6.20 Å². The maximum atomic E-state index is 5.62. The van der Waals surface area contributed by atoms with Crippen LogP contribution in [0.4, 0.5) is 5.82 Å². The SMILES string of the molecule is Nc1[nH]ccc1OCc1ccccc1. The summed E-state index contributed by atoms with van der Waals surface area (Å²) in [6, 6.07) is 11.8.